The molecule has 0 atom stereocenters. The number of rotatable bonds is 3. The molecule has 108 valence electrons. The van der Waals surface area contributed by atoms with Crippen LogP contribution in [0.2, 0.25) is 0 Å². The van der Waals surface area contributed by atoms with Crippen molar-refractivity contribution in [3.63, 3.8) is 0 Å². The zero-order valence-electron chi connectivity index (χ0n) is 11.4. The van der Waals surface area contributed by atoms with Gasteiger partial charge in [-0.15, -0.1) is 5.10 Å². The van der Waals surface area contributed by atoms with E-state index < -0.39 is 0 Å². The predicted octanol–water partition coefficient (Wildman–Crippen LogP) is 0.707. The molecule has 1 aliphatic rings. The minimum atomic E-state index is 0.227. The van der Waals surface area contributed by atoms with Gasteiger partial charge in [-0.05, 0) is 18.9 Å². The minimum absolute atomic E-state index is 0.227. The molecule has 2 aromatic heterocycles. The average Bonchev–Trinajstić information content (AvgIpc) is 2.85. The number of aromatic nitrogens is 4. The van der Waals surface area contributed by atoms with Crippen LogP contribution < -0.4 is 11.1 Å². The van der Waals surface area contributed by atoms with Gasteiger partial charge < -0.3 is 15.8 Å². The first-order valence-corrected chi connectivity index (χ1v) is 6.70. The molecule has 1 fully saturated rings. The summed E-state index contributed by atoms with van der Waals surface area (Å²) in [5, 5.41) is 16.9. The van der Waals surface area contributed by atoms with Gasteiger partial charge in [0.1, 0.15) is 11.6 Å². The normalized spacial score (nSPS) is 15.6. The summed E-state index contributed by atoms with van der Waals surface area (Å²) < 4.78 is 6.69. The van der Waals surface area contributed by atoms with E-state index in [1.807, 2.05) is 0 Å². The van der Waals surface area contributed by atoms with Gasteiger partial charge in [0.05, 0.1) is 0 Å². The van der Waals surface area contributed by atoms with Gasteiger partial charge in [-0.2, -0.15) is 9.94 Å². The van der Waals surface area contributed by atoms with E-state index in [2.05, 4.69) is 26.5 Å². The molecule has 0 aromatic carbocycles. The third kappa shape index (κ3) is 2.64. The van der Waals surface area contributed by atoms with E-state index in [-0.39, 0.29) is 11.9 Å². The molecule has 0 spiro atoms. The smallest absolute Gasteiger partial charge is 0.252 e. The van der Waals surface area contributed by atoms with Gasteiger partial charge in [0, 0.05) is 31.6 Å². The van der Waals surface area contributed by atoms with Gasteiger partial charge >= 0.3 is 0 Å². The maximum atomic E-state index is 9.30. The van der Waals surface area contributed by atoms with Crippen LogP contribution in [-0.2, 0) is 4.74 Å². The summed E-state index contributed by atoms with van der Waals surface area (Å²) in [6.45, 7) is 1.41. The van der Waals surface area contributed by atoms with E-state index in [9.17, 15) is 5.26 Å². The Kier molecular flexibility index (Phi) is 3.66. The quantitative estimate of drug-likeness (QED) is 0.853. The van der Waals surface area contributed by atoms with Crippen LogP contribution in [0.15, 0.2) is 18.5 Å². The van der Waals surface area contributed by atoms with E-state index in [1.165, 1.54) is 4.68 Å². The van der Waals surface area contributed by atoms with Crippen molar-refractivity contribution in [3.05, 3.63) is 24.0 Å². The fourth-order valence-corrected chi connectivity index (χ4v) is 2.23. The lowest BCUT2D eigenvalue weighted by Gasteiger charge is -2.22. The Hall–Kier alpha value is -2.66. The van der Waals surface area contributed by atoms with Crippen molar-refractivity contribution < 1.29 is 4.74 Å². The lowest BCUT2D eigenvalue weighted by atomic mass is 10.1. The summed E-state index contributed by atoms with van der Waals surface area (Å²) in [5.41, 5.74) is 6.30. The standard InChI is InChI=1S/C13H15N7O/c14-8-10-11(15)20(13-16-4-1-5-17-13)19-12(10)18-9-2-6-21-7-3-9/h1,4-5,9H,2-3,6-7,15H2,(H,18,19). The molecule has 3 rings (SSSR count). The first kappa shape index (κ1) is 13.3. The second-order valence-corrected chi connectivity index (χ2v) is 4.71. The summed E-state index contributed by atoms with van der Waals surface area (Å²) in [6, 6.07) is 4.02. The number of anilines is 2. The van der Waals surface area contributed by atoms with E-state index >= 15 is 0 Å². The Morgan fingerprint density at radius 1 is 1.33 bits per heavy atom. The van der Waals surface area contributed by atoms with E-state index in [4.69, 9.17) is 10.5 Å². The fourth-order valence-electron chi connectivity index (χ4n) is 2.23. The van der Waals surface area contributed by atoms with Gasteiger partial charge in [-0.1, -0.05) is 0 Å². The van der Waals surface area contributed by atoms with Crippen LogP contribution in [0.1, 0.15) is 18.4 Å². The van der Waals surface area contributed by atoms with Crippen molar-refractivity contribution >= 4 is 11.6 Å². The molecule has 0 amide bonds. The third-order valence-corrected chi connectivity index (χ3v) is 3.34. The molecule has 3 heterocycles. The topological polar surface area (TPSA) is 115 Å². The van der Waals surface area contributed by atoms with E-state index in [1.54, 1.807) is 18.5 Å². The Labute approximate surface area is 121 Å². The van der Waals surface area contributed by atoms with Crippen LogP contribution in [-0.4, -0.2) is 39.0 Å². The predicted molar refractivity (Wildman–Crippen MR) is 75.7 cm³/mol. The van der Waals surface area contributed by atoms with Crippen molar-refractivity contribution in [1.29, 1.82) is 5.26 Å². The van der Waals surface area contributed by atoms with Gasteiger partial charge in [-0.3, -0.25) is 0 Å². The fraction of sp³-hybridized carbons (Fsp3) is 0.385. The zero-order valence-corrected chi connectivity index (χ0v) is 11.4. The molecule has 3 N–H and O–H groups in total. The second kappa shape index (κ2) is 5.76. The number of nitriles is 1. The zero-order chi connectivity index (χ0) is 14.7. The maximum Gasteiger partial charge on any atom is 0.252 e. The highest BCUT2D eigenvalue weighted by molar-refractivity contribution is 5.65. The summed E-state index contributed by atoms with van der Waals surface area (Å²) in [5.74, 6) is 1.04. The molecule has 8 nitrogen and oxygen atoms in total. The van der Waals surface area contributed by atoms with Crippen LogP contribution >= 0.6 is 0 Å². The molecule has 21 heavy (non-hydrogen) atoms. The maximum absolute atomic E-state index is 9.30. The summed E-state index contributed by atoms with van der Waals surface area (Å²) >= 11 is 0. The number of nitrogens with zero attached hydrogens (tertiary/aromatic N) is 5. The monoisotopic (exact) mass is 285 g/mol. The molecule has 2 aromatic rings. The Morgan fingerprint density at radius 2 is 2.05 bits per heavy atom. The first-order chi connectivity index (χ1) is 10.3. The van der Waals surface area contributed by atoms with Crippen molar-refractivity contribution in [2.24, 2.45) is 0 Å². The Bertz CT molecular complexity index is 655. The lowest BCUT2D eigenvalue weighted by molar-refractivity contribution is 0.0904. The van der Waals surface area contributed by atoms with Crippen molar-refractivity contribution in [2.45, 2.75) is 18.9 Å². The molecular formula is C13H15N7O. The van der Waals surface area contributed by atoms with Crippen molar-refractivity contribution in [3.8, 4) is 12.0 Å². The molecular weight excluding hydrogens is 270 g/mol. The number of ether oxygens (including phenoxy) is 1. The van der Waals surface area contributed by atoms with Gasteiger partial charge in [0.25, 0.3) is 5.95 Å². The summed E-state index contributed by atoms with van der Waals surface area (Å²) in [7, 11) is 0. The largest absolute Gasteiger partial charge is 0.382 e. The molecule has 1 saturated heterocycles. The molecule has 0 aliphatic carbocycles. The van der Waals surface area contributed by atoms with Gasteiger partial charge in [0.2, 0.25) is 0 Å². The highest BCUT2D eigenvalue weighted by Gasteiger charge is 2.21. The highest BCUT2D eigenvalue weighted by atomic mass is 16.5. The highest BCUT2D eigenvalue weighted by Crippen LogP contribution is 2.24. The Balaban J connectivity index is 1.92. The number of nitrogens with one attached hydrogen (secondary N) is 1. The van der Waals surface area contributed by atoms with Crippen LogP contribution in [0, 0.1) is 11.3 Å². The molecule has 0 radical (unpaired) electrons. The van der Waals surface area contributed by atoms with Gasteiger partial charge in [-0.25, -0.2) is 9.97 Å². The van der Waals surface area contributed by atoms with Crippen LogP contribution in [0.5, 0.6) is 0 Å². The molecule has 0 saturated carbocycles. The van der Waals surface area contributed by atoms with E-state index in [0.29, 0.717) is 30.5 Å². The SMILES string of the molecule is N#Cc1c(NC2CCOCC2)nn(-c2ncccn2)c1N. The van der Waals surface area contributed by atoms with Crippen LogP contribution in [0.3, 0.4) is 0 Å². The minimum Gasteiger partial charge on any atom is -0.382 e. The average molecular weight is 285 g/mol. The van der Waals surface area contributed by atoms with Crippen molar-refractivity contribution in [1.82, 2.24) is 19.7 Å². The molecule has 0 unspecified atom stereocenters. The third-order valence-electron chi connectivity index (χ3n) is 3.34. The summed E-state index contributed by atoms with van der Waals surface area (Å²) in [6.07, 6.45) is 4.95. The van der Waals surface area contributed by atoms with E-state index in [0.717, 1.165) is 12.8 Å². The van der Waals surface area contributed by atoms with Crippen LogP contribution in [0.4, 0.5) is 11.6 Å². The Morgan fingerprint density at radius 3 is 2.71 bits per heavy atom. The molecule has 1 aliphatic heterocycles. The summed E-state index contributed by atoms with van der Waals surface area (Å²) in [4.78, 5) is 8.20. The second-order valence-electron chi connectivity index (χ2n) is 4.71. The molecule has 8 heteroatoms. The van der Waals surface area contributed by atoms with Crippen LogP contribution in [0.25, 0.3) is 5.95 Å². The number of hydrogen-bond acceptors (Lipinski definition) is 7. The number of nitrogens with two attached hydrogens (primary N) is 1. The van der Waals surface area contributed by atoms with Gasteiger partial charge in [0.15, 0.2) is 11.6 Å². The molecule has 0 bridgehead atoms. The first-order valence-electron chi connectivity index (χ1n) is 6.70. The number of hydrogen-bond donors (Lipinski definition) is 2. The lowest BCUT2D eigenvalue weighted by Crippen LogP contribution is -2.28. The number of nitrogen functional groups attached to an aromatic ring is 1. The van der Waals surface area contributed by atoms with Crippen molar-refractivity contribution in [2.75, 3.05) is 24.3 Å².